The molecule has 1 aliphatic rings. The maximum Gasteiger partial charge on any atom is 0.345 e. The molecule has 8 heteroatoms. The van der Waals surface area contributed by atoms with Gasteiger partial charge in [0.15, 0.2) is 0 Å². The lowest BCUT2D eigenvalue weighted by atomic mass is 9.83. The van der Waals surface area contributed by atoms with Crippen LogP contribution in [0.4, 0.5) is 0 Å². The zero-order valence-corrected chi connectivity index (χ0v) is 13.3. The summed E-state index contributed by atoms with van der Waals surface area (Å²) in [5, 5.41) is 8.85. The molecule has 0 bridgehead atoms. The lowest BCUT2D eigenvalue weighted by molar-refractivity contribution is 0.0702. The first-order chi connectivity index (χ1) is 8.90. The third-order valence-corrected chi connectivity index (χ3v) is 6.93. The molecule has 0 aromatic carbocycles. The van der Waals surface area contributed by atoms with E-state index in [4.69, 9.17) is 5.11 Å². The molecule has 19 heavy (non-hydrogen) atoms. The summed E-state index contributed by atoms with van der Waals surface area (Å²) in [5.41, 5.74) is 0. The Hall–Kier alpha value is -0.440. The molecule has 2 rings (SSSR count). The van der Waals surface area contributed by atoms with Gasteiger partial charge in [-0.15, -0.1) is 11.3 Å². The molecule has 1 heterocycles. The van der Waals surface area contributed by atoms with Crippen molar-refractivity contribution in [2.45, 2.75) is 30.6 Å². The Kier molecular flexibility index (Phi) is 4.65. The van der Waals surface area contributed by atoms with Crippen LogP contribution in [0.1, 0.15) is 35.4 Å². The number of halogens is 1. The minimum Gasteiger partial charge on any atom is -0.477 e. The molecule has 1 aromatic rings. The Morgan fingerprint density at radius 2 is 2.21 bits per heavy atom. The molecule has 0 amide bonds. The Balaban J connectivity index is 2.03. The van der Waals surface area contributed by atoms with Crippen LogP contribution in [-0.4, -0.2) is 26.0 Å². The Morgan fingerprint density at radius 3 is 2.68 bits per heavy atom. The van der Waals surface area contributed by atoms with Gasteiger partial charge in [-0.3, -0.25) is 0 Å². The van der Waals surface area contributed by atoms with E-state index in [1.165, 1.54) is 25.3 Å². The summed E-state index contributed by atoms with van der Waals surface area (Å²) in [6.07, 6.45) is 4.42. The van der Waals surface area contributed by atoms with E-state index in [-0.39, 0.29) is 9.77 Å². The van der Waals surface area contributed by atoms with Crippen molar-refractivity contribution < 1.29 is 18.3 Å². The number of sulfonamides is 1. The van der Waals surface area contributed by atoms with Gasteiger partial charge < -0.3 is 5.11 Å². The fourth-order valence-corrected chi connectivity index (χ4v) is 5.35. The highest BCUT2D eigenvalue weighted by atomic mass is 79.9. The monoisotopic (exact) mass is 367 g/mol. The van der Waals surface area contributed by atoms with E-state index >= 15 is 0 Å². The number of thiophene rings is 1. The van der Waals surface area contributed by atoms with Crippen molar-refractivity contribution in [2.24, 2.45) is 5.92 Å². The number of nitrogens with one attached hydrogen (secondary N) is 1. The van der Waals surface area contributed by atoms with Crippen molar-refractivity contribution in [3.63, 3.8) is 0 Å². The van der Waals surface area contributed by atoms with Gasteiger partial charge in [-0.05, 0) is 34.3 Å². The number of carbonyl (C=O) groups is 1. The molecule has 0 saturated heterocycles. The van der Waals surface area contributed by atoms with Gasteiger partial charge in [0.25, 0.3) is 0 Å². The van der Waals surface area contributed by atoms with E-state index in [1.807, 2.05) is 0 Å². The molecule has 0 unspecified atom stereocenters. The Morgan fingerprint density at radius 1 is 1.53 bits per heavy atom. The van der Waals surface area contributed by atoms with Crippen LogP contribution in [0.15, 0.2) is 14.7 Å². The van der Waals surface area contributed by atoms with Crippen molar-refractivity contribution >= 4 is 43.3 Å². The Labute approximate surface area is 124 Å². The summed E-state index contributed by atoms with van der Waals surface area (Å²) in [5.74, 6) is -0.496. The first kappa shape index (κ1) is 15.0. The maximum atomic E-state index is 12.0. The van der Waals surface area contributed by atoms with Gasteiger partial charge >= 0.3 is 5.97 Å². The summed E-state index contributed by atoms with van der Waals surface area (Å²) in [4.78, 5) is 10.8. The van der Waals surface area contributed by atoms with Gasteiger partial charge in [-0.25, -0.2) is 17.9 Å². The average molecular weight is 368 g/mol. The zero-order valence-electron chi connectivity index (χ0n) is 10.1. The summed E-state index contributed by atoms with van der Waals surface area (Å²) in [6, 6.07) is 1.18. The molecule has 0 radical (unpaired) electrons. The highest BCUT2D eigenvalue weighted by Crippen LogP contribution is 2.32. The first-order valence-electron chi connectivity index (χ1n) is 5.92. The molecule has 0 aliphatic heterocycles. The SMILES string of the molecule is O=C(O)c1cc(S(=O)(=O)NCCC2CCC2)c(Br)s1. The van der Waals surface area contributed by atoms with E-state index in [1.54, 1.807) is 0 Å². The topological polar surface area (TPSA) is 83.5 Å². The second-order valence-corrected chi connectivity index (χ2v) is 8.64. The highest BCUT2D eigenvalue weighted by molar-refractivity contribution is 9.11. The highest BCUT2D eigenvalue weighted by Gasteiger charge is 2.24. The number of carboxylic acid groups (broad SMARTS) is 1. The van der Waals surface area contributed by atoms with E-state index < -0.39 is 16.0 Å². The van der Waals surface area contributed by atoms with Crippen LogP contribution in [0.3, 0.4) is 0 Å². The van der Waals surface area contributed by atoms with Crippen molar-refractivity contribution in [3.05, 3.63) is 14.7 Å². The first-order valence-corrected chi connectivity index (χ1v) is 9.01. The lowest BCUT2D eigenvalue weighted by Crippen LogP contribution is -2.27. The summed E-state index contributed by atoms with van der Waals surface area (Å²) < 4.78 is 26.9. The predicted molar refractivity (Wildman–Crippen MR) is 76.1 cm³/mol. The minimum absolute atomic E-state index is 0.00325. The van der Waals surface area contributed by atoms with E-state index in [0.717, 1.165) is 17.8 Å². The fraction of sp³-hybridized carbons (Fsp3) is 0.545. The molecule has 5 nitrogen and oxygen atoms in total. The normalized spacial score (nSPS) is 16.3. The number of hydrogen-bond acceptors (Lipinski definition) is 4. The van der Waals surface area contributed by atoms with E-state index in [0.29, 0.717) is 16.2 Å². The lowest BCUT2D eigenvalue weighted by Gasteiger charge is -2.25. The minimum atomic E-state index is -3.63. The number of carboxylic acids is 1. The van der Waals surface area contributed by atoms with Crippen LogP contribution < -0.4 is 4.72 Å². The predicted octanol–water partition coefficient (Wildman–Crippen LogP) is 2.68. The van der Waals surface area contributed by atoms with E-state index in [9.17, 15) is 13.2 Å². The van der Waals surface area contributed by atoms with Crippen LogP contribution in [0.25, 0.3) is 0 Å². The molecular weight excluding hydrogens is 354 g/mol. The van der Waals surface area contributed by atoms with Crippen molar-refractivity contribution in [1.82, 2.24) is 4.72 Å². The summed E-state index contributed by atoms with van der Waals surface area (Å²) >= 11 is 4.01. The van der Waals surface area contributed by atoms with Crippen LogP contribution in [0.5, 0.6) is 0 Å². The quantitative estimate of drug-likeness (QED) is 0.809. The zero-order chi connectivity index (χ0) is 14.0. The van der Waals surface area contributed by atoms with Crippen LogP contribution in [-0.2, 0) is 10.0 Å². The molecular formula is C11H14BrNO4S2. The van der Waals surface area contributed by atoms with Crippen molar-refractivity contribution in [1.29, 1.82) is 0 Å². The largest absolute Gasteiger partial charge is 0.477 e. The molecule has 1 aromatic heterocycles. The molecule has 0 spiro atoms. The van der Waals surface area contributed by atoms with Crippen LogP contribution in [0.2, 0.25) is 0 Å². The summed E-state index contributed by atoms with van der Waals surface area (Å²) in [7, 11) is -3.63. The van der Waals surface area contributed by atoms with Crippen LogP contribution in [0, 0.1) is 5.92 Å². The summed E-state index contributed by atoms with van der Waals surface area (Å²) in [6.45, 7) is 0.400. The molecule has 1 saturated carbocycles. The average Bonchev–Trinajstić information content (AvgIpc) is 2.65. The van der Waals surface area contributed by atoms with E-state index in [2.05, 4.69) is 20.7 Å². The van der Waals surface area contributed by atoms with Gasteiger partial charge in [-0.2, -0.15) is 0 Å². The Bertz CT molecular complexity index is 578. The number of hydrogen-bond donors (Lipinski definition) is 2. The smallest absolute Gasteiger partial charge is 0.345 e. The van der Waals surface area contributed by atoms with Crippen molar-refractivity contribution in [3.8, 4) is 0 Å². The van der Waals surface area contributed by atoms with Gasteiger partial charge in [-0.1, -0.05) is 19.3 Å². The van der Waals surface area contributed by atoms with Crippen molar-refractivity contribution in [2.75, 3.05) is 6.54 Å². The van der Waals surface area contributed by atoms with Gasteiger partial charge in [0.1, 0.15) is 9.77 Å². The van der Waals surface area contributed by atoms with Gasteiger partial charge in [0.2, 0.25) is 10.0 Å². The molecule has 1 fully saturated rings. The molecule has 106 valence electrons. The molecule has 2 N–H and O–H groups in total. The third-order valence-electron chi connectivity index (χ3n) is 3.23. The fourth-order valence-electron chi connectivity index (χ4n) is 1.90. The number of aromatic carboxylic acids is 1. The van der Waals surface area contributed by atoms with Crippen LogP contribution >= 0.6 is 27.3 Å². The number of rotatable bonds is 6. The molecule has 0 atom stereocenters. The molecule has 1 aliphatic carbocycles. The maximum absolute atomic E-state index is 12.0. The second-order valence-electron chi connectivity index (χ2n) is 4.54. The third kappa shape index (κ3) is 3.56. The second kappa shape index (κ2) is 5.90. The van der Waals surface area contributed by atoms with Gasteiger partial charge in [0.05, 0.1) is 3.79 Å². The standard InChI is InChI=1S/C11H14BrNO4S2/c12-10-9(6-8(18-10)11(14)15)19(16,17)13-5-4-7-2-1-3-7/h6-7,13H,1-5H2,(H,14,15). The van der Waals surface area contributed by atoms with Gasteiger partial charge in [0, 0.05) is 6.54 Å².